The Morgan fingerprint density at radius 1 is 1.30 bits per heavy atom. The fourth-order valence-electron chi connectivity index (χ4n) is 2.93. The monoisotopic (exact) mass is 311 g/mol. The van der Waals surface area contributed by atoms with E-state index in [1.54, 1.807) is 6.20 Å². The number of nitrogens with zero attached hydrogens (tertiary/aromatic N) is 2. The topological polar surface area (TPSA) is 64.1 Å². The number of ether oxygens (including phenoxy) is 1. The molecule has 1 heterocycles. The van der Waals surface area contributed by atoms with Crippen LogP contribution in [0.15, 0.2) is 42.9 Å². The van der Waals surface area contributed by atoms with E-state index in [-0.39, 0.29) is 18.1 Å². The molecule has 2 aromatic rings. The van der Waals surface area contributed by atoms with E-state index in [4.69, 9.17) is 4.74 Å². The molecule has 1 aromatic heterocycles. The van der Waals surface area contributed by atoms with Crippen molar-refractivity contribution in [1.29, 1.82) is 0 Å². The van der Waals surface area contributed by atoms with Crippen molar-refractivity contribution in [3.63, 3.8) is 0 Å². The minimum absolute atomic E-state index is 0.0471. The Morgan fingerprint density at radius 3 is 2.91 bits per heavy atom. The van der Waals surface area contributed by atoms with Crippen molar-refractivity contribution >= 4 is 5.91 Å². The van der Waals surface area contributed by atoms with Gasteiger partial charge in [-0.25, -0.2) is 9.97 Å². The van der Waals surface area contributed by atoms with E-state index in [9.17, 15) is 4.79 Å². The van der Waals surface area contributed by atoms with Crippen LogP contribution in [0.3, 0.4) is 0 Å². The minimum Gasteiger partial charge on any atom is -0.371 e. The van der Waals surface area contributed by atoms with Gasteiger partial charge in [-0.1, -0.05) is 30.3 Å². The van der Waals surface area contributed by atoms with Gasteiger partial charge in [0.15, 0.2) is 0 Å². The second kappa shape index (κ2) is 7.33. The van der Waals surface area contributed by atoms with E-state index in [1.807, 2.05) is 37.3 Å². The van der Waals surface area contributed by atoms with Crippen molar-refractivity contribution in [3.05, 3.63) is 59.7 Å². The molecule has 0 unspecified atom stereocenters. The summed E-state index contributed by atoms with van der Waals surface area (Å²) in [6, 6.07) is 10.1. The van der Waals surface area contributed by atoms with Gasteiger partial charge in [0, 0.05) is 6.20 Å². The van der Waals surface area contributed by atoms with Gasteiger partial charge in [0.2, 0.25) is 0 Å². The number of carbonyl (C=O) groups is 1. The molecule has 5 nitrogen and oxygen atoms in total. The zero-order chi connectivity index (χ0) is 16.1. The molecule has 23 heavy (non-hydrogen) atoms. The molecule has 1 N–H and O–H groups in total. The smallest absolute Gasteiger partial charge is 0.255 e. The second-order valence-electron chi connectivity index (χ2n) is 5.87. The van der Waals surface area contributed by atoms with Gasteiger partial charge in [-0.05, 0) is 31.7 Å². The Kier molecular flexibility index (Phi) is 4.98. The second-order valence-corrected chi connectivity index (χ2v) is 5.87. The Hall–Kier alpha value is -2.27. The van der Waals surface area contributed by atoms with E-state index >= 15 is 0 Å². The molecular weight excluding hydrogens is 290 g/mol. The summed E-state index contributed by atoms with van der Waals surface area (Å²) in [5.74, 6) is -0.122. The minimum atomic E-state index is -0.122. The molecular formula is C18H21N3O2. The maximum atomic E-state index is 12.4. The zero-order valence-corrected chi connectivity index (χ0v) is 13.2. The molecule has 120 valence electrons. The molecule has 1 amide bonds. The quantitative estimate of drug-likeness (QED) is 0.922. The number of benzene rings is 1. The Balaban J connectivity index is 1.59. The van der Waals surface area contributed by atoms with Gasteiger partial charge in [-0.15, -0.1) is 0 Å². The van der Waals surface area contributed by atoms with Gasteiger partial charge in [0.05, 0.1) is 30.0 Å². The summed E-state index contributed by atoms with van der Waals surface area (Å²) in [6.45, 7) is 2.39. The van der Waals surface area contributed by atoms with Gasteiger partial charge in [-0.2, -0.15) is 0 Å². The molecule has 3 rings (SSSR count). The first-order chi connectivity index (χ1) is 11.2. The molecule has 1 saturated carbocycles. The van der Waals surface area contributed by atoms with Crippen LogP contribution in [-0.2, 0) is 11.3 Å². The van der Waals surface area contributed by atoms with Crippen molar-refractivity contribution in [1.82, 2.24) is 15.3 Å². The molecule has 0 spiro atoms. The van der Waals surface area contributed by atoms with Gasteiger partial charge in [0.1, 0.15) is 6.33 Å². The summed E-state index contributed by atoms with van der Waals surface area (Å²) in [6.07, 6.45) is 6.05. The fraction of sp³-hybridized carbons (Fsp3) is 0.389. The molecule has 2 atom stereocenters. The van der Waals surface area contributed by atoms with Gasteiger partial charge in [0.25, 0.3) is 5.91 Å². The molecule has 1 aliphatic carbocycles. The summed E-state index contributed by atoms with van der Waals surface area (Å²) >= 11 is 0. The predicted octanol–water partition coefficient (Wildman–Crippen LogP) is 2.65. The SMILES string of the molecule is Cc1ncncc1C(=O)N[C@@H]1CCC[C@H]1OCc1ccccc1. The first kappa shape index (κ1) is 15.6. The number of amides is 1. The third-order valence-electron chi connectivity index (χ3n) is 4.23. The van der Waals surface area contributed by atoms with Crippen LogP contribution in [0.4, 0.5) is 0 Å². The normalized spacial score (nSPS) is 20.4. The molecule has 0 saturated heterocycles. The van der Waals surface area contributed by atoms with Gasteiger partial charge >= 0.3 is 0 Å². The number of nitrogens with one attached hydrogen (secondary N) is 1. The Labute approximate surface area is 136 Å². The number of carbonyl (C=O) groups excluding carboxylic acids is 1. The van der Waals surface area contributed by atoms with Gasteiger partial charge in [-0.3, -0.25) is 4.79 Å². The summed E-state index contributed by atoms with van der Waals surface area (Å²) in [7, 11) is 0. The molecule has 0 radical (unpaired) electrons. The number of rotatable bonds is 5. The molecule has 1 aromatic carbocycles. The number of hydrogen-bond acceptors (Lipinski definition) is 4. The molecule has 1 aliphatic rings. The van der Waals surface area contributed by atoms with Crippen LogP contribution in [0.2, 0.25) is 0 Å². The van der Waals surface area contributed by atoms with Crippen LogP contribution in [0.1, 0.15) is 40.9 Å². The summed E-state index contributed by atoms with van der Waals surface area (Å²) in [5.41, 5.74) is 2.37. The predicted molar refractivity (Wildman–Crippen MR) is 86.9 cm³/mol. The average molecular weight is 311 g/mol. The standard InChI is InChI=1S/C18H21N3O2/c1-13-15(10-19-12-20-13)18(22)21-16-8-5-9-17(16)23-11-14-6-3-2-4-7-14/h2-4,6-7,10,12,16-17H,5,8-9,11H2,1H3,(H,21,22)/t16-,17-/m1/s1. The van der Waals surface area contributed by atoms with Crippen LogP contribution in [0.25, 0.3) is 0 Å². The number of aromatic nitrogens is 2. The summed E-state index contributed by atoms with van der Waals surface area (Å²) in [5, 5.41) is 3.08. The Morgan fingerprint density at radius 2 is 2.13 bits per heavy atom. The first-order valence-corrected chi connectivity index (χ1v) is 7.97. The zero-order valence-electron chi connectivity index (χ0n) is 13.2. The maximum absolute atomic E-state index is 12.4. The van der Waals surface area contributed by atoms with E-state index in [0.29, 0.717) is 17.9 Å². The molecule has 0 aliphatic heterocycles. The summed E-state index contributed by atoms with van der Waals surface area (Å²) < 4.78 is 6.02. The van der Waals surface area contributed by atoms with Crippen LogP contribution in [-0.4, -0.2) is 28.0 Å². The average Bonchev–Trinajstić information content (AvgIpc) is 3.01. The molecule has 0 bridgehead atoms. The van der Waals surface area contributed by atoms with Crippen LogP contribution >= 0.6 is 0 Å². The number of hydrogen-bond donors (Lipinski definition) is 1. The van der Waals surface area contributed by atoms with Crippen molar-refractivity contribution < 1.29 is 9.53 Å². The molecule has 1 fully saturated rings. The van der Waals surface area contributed by atoms with Crippen LogP contribution < -0.4 is 5.32 Å². The maximum Gasteiger partial charge on any atom is 0.255 e. The van der Waals surface area contributed by atoms with E-state index in [2.05, 4.69) is 15.3 Å². The fourth-order valence-corrected chi connectivity index (χ4v) is 2.93. The highest BCUT2D eigenvalue weighted by Crippen LogP contribution is 2.23. The van der Waals surface area contributed by atoms with E-state index in [0.717, 1.165) is 24.8 Å². The van der Waals surface area contributed by atoms with Crippen molar-refractivity contribution in [2.75, 3.05) is 0 Å². The lowest BCUT2D eigenvalue weighted by atomic mass is 10.1. The third-order valence-corrected chi connectivity index (χ3v) is 4.23. The number of aryl methyl sites for hydroxylation is 1. The highest BCUT2D eigenvalue weighted by atomic mass is 16.5. The lowest BCUT2D eigenvalue weighted by Crippen LogP contribution is -2.41. The van der Waals surface area contributed by atoms with Crippen molar-refractivity contribution in [2.45, 2.75) is 44.9 Å². The highest BCUT2D eigenvalue weighted by Gasteiger charge is 2.30. The largest absolute Gasteiger partial charge is 0.371 e. The highest BCUT2D eigenvalue weighted by molar-refractivity contribution is 5.95. The lowest BCUT2D eigenvalue weighted by molar-refractivity contribution is 0.0272. The third kappa shape index (κ3) is 3.93. The van der Waals surface area contributed by atoms with Crippen LogP contribution in [0, 0.1) is 6.92 Å². The van der Waals surface area contributed by atoms with Crippen molar-refractivity contribution in [2.24, 2.45) is 0 Å². The molecule has 5 heteroatoms. The summed E-state index contributed by atoms with van der Waals surface area (Å²) in [4.78, 5) is 20.4. The van der Waals surface area contributed by atoms with E-state index in [1.165, 1.54) is 6.33 Å². The van der Waals surface area contributed by atoms with Crippen molar-refractivity contribution in [3.8, 4) is 0 Å². The van der Waals surface area contributed by atoms with Gasteiger partial charge < -0.3 is 10.1 Å². The Bertz CT molecular complexity index is 660. The van der Waals surface area contributed by atoms with Crippen LogP contribution in [0.5, 0.6) is 0 Å². The van der Waals surface area contributed by atoms with E-state index < -0.39 is 0 Å². The lowest BCUT2D eigenvalue weighted by Gasteiger charge is -2.21. The first-order valence-electron chi connectivity index (χ1n) is 7.97.